The van der Waals surface area contributed by atoms with Crippen LogP contribution in [0, 0.1) is 0 Å². The standard InChI is InChI=1S/C7H5ClO3.C4H8O2/c8-6-4-2-1-3-5(6)7(9)11-10;1-3-6-4(2)5/h1-4,10H;3H2,1-2H3. The van der Waals surface area contributed by atoms with Gasteiger partial charge >= 0.3 is 11.9 Å². The lowest BCUT2D eigenvalue weighted by Gasteiger charge is -1.97. The zero-order valence-corrected chi connectivity index (χ0v) is 10.2. The monoisotopic (exact) mass is 260 g/mol. The van der Waals surface area contributed by atoms with Crippen LogP contribution in [0.25, 0.3) is 0 Å². The molecule has 0 bridgehead atoms. The molecule has 0 aliphatic carbocycles. The molecular formula is C11H13ClO5. The number of carbonyl (C=O) groups excluding carboxylic acids is 2. The summed E-state index contributed by atoms with van der Waals surface area (Å²) in [6, 6.07) is 6.29. The Morgan fingerprint density at radius 2 is 1.94 bits per heavy atom. The molecule has 0 saturated carbocycles. The van der Waals surface area contributed by atoms with Crippen LogP contribution in [0.2, 0.25) is 5.02 Å². The van der Waals surface area contributed by atoms with E-state index in [-0.39, 0.29) is 16.6 Å². The number of carbonyl (C=O) groups is 2. The van der Waals surface area contributed by atoms with Gasteiger partial charge in [-0.3, -0.25) is 9.68 Å². The fourth-order valence-corrected chi connectivity index (χ4v) is 1.09. The summed E-state index contributed by atoms with van der Waals surface area (Å²) < 4.78 is 4.40. The molecule has 0 aromatic heterocycles. The third-order valence-corrected chi connectivity index (χ3v) is 1.85. The van der Waals surface area contributed by atoms with Crippen LogP contribution in [0.15, 0.2) is 24.3 Å². The highest BCUT2D eigenvalue weighted by Crippen LogP contribution is 2.15. The predicted octanol–water partition coefficient (Wildman–Crippen LogP) is 2.54. The first kappa shape index (κ1) is 15.4. The molecule has 1 rings (SSSR count). The van der Waals surface area contributed by atoms with E-state index in [9.17, 15) is 9.59 Å². The molecule has 1 aromatic rings. The fourth-order valence-electron chi connectivity index (χ4n) is 0.879. The average molecular weight is 261 g/mol. The number of rotatable bonds is 2. The lowest BCUT2D eigenvalue weighted by molar-refractivity contribution is -0.182. The zero-order valence-electron chi connectivity index (χ0n) is 9.47. The molecule has 1 N–H and O–H groups in total. The SMILES string of the molecule is CCOC(C)=O.O=C(OO)c1ccccc1Cl. The average Bonchev–Trinajstić information content (AvgIpc) is 2.29. The van der Waals surface area contributed by atoms with Crippen molar-refractivity contribution in [2.24, 2.45) is 0 Å². The van der Waals surface area contributed by atoms with E-state index in [0.717, 1.165) is 0 Å². The number of ether oxygens (including phenoxy) is 1. The molecule has 0 radical (unpaired) electrons. The summed E-state index contributed by atoms with van der Waals surface area (Å²) >= 11 is 5.59. The Bertz CT molecular complexity index is 378. The van der Waals surface area contributed by atoms with Gasteiger partial charge in [-0.15, -0.1) is 0 Å². The van der Waals surface area contributed by atoms with Gasteiger partial charge in [0.1, 0.15) is 0 Å². The topological polar surface area (TPSA) is 72.8 Å². The van der Waals surface area contributed by atoms with Gasteiger partial charge < -0.3 is 4.74 Å². The molecule has 5 nitrogen and oxygen atoms in total. The van der Waals surface area contributed by atoms with Crippen molar-refractivity contribution in [1.29, 1.82) is 0 Å². The van der Waals surface area contributed by atoms with Crippen molar-refractivity contribution in [2.75, 3.05) is 6.61 Å². The van der Waals surface area contributed by atoms with Crippen LogP contribution < -0.4 is 0 Å². The number of esters is 1. The molecule has 0 spiro atoms. The summed E-state index contributed by atoms with van der Waals surface area (Å²) in [5.74, 6) is -1.06. The lowest BCUT2D eigenvalue weighted by atomic mass is 10.2. The van der Waals surface area contributed by atoms with Crippen molar-refractivity contribution in [3.63, 3.8) is 0 Å². The van der Waals surface area contributed by atoms with Gasteiger partial charge in [0, 0.05) is 6.92 Å². The largest absolute Gasteiger partial charge is 0.466 e. The fraction of sp³-hybridized carbons (Fsp3) is 0.273. The number of hydrogen-bond donors (Lipinski definition) is 1. The summed E-state index contributed by atoms with van der Waals surface area (Å²) in [5.41, 5.74) is 0.150. The Balaban J connectivity index is 0.000000366. The second kappa shape index (κ2) is 8.55. The molecule has 0 aliphatic heterocycles. The summed E-state index contributed by atoms with van der Waals surface area (Å²) in [4.78, 5) is 24.0. The third-order valence-electron chi connectivity index (χ3n) is 1.52. The molecule has 6 heteroatoms. The van der Waals surface area contributed by atoms with Crippen molar-refractivity contribution in [3.05, 3.63) is 34.9 Å². The zero-order chi connectivity index (χ0) is 13.3. The molecule has 17 heavy (non-hydrogen) atoms. The van der Waals surface area contributed by atoms with Gasteiger partial charge in [0.25, 0.3) is 0 Å². The van der Waals surface area contributed by atoms with Crippen LogP contribution in [0.3, 0.4) is 0 Å². The molecule has 0 aliphatic rings. The maximum atomic E-state index is 10.7. The van der Waals surface area contributed by atoms with Crippen LogP contribution in [0.5, 0.6) is 0 Å². The normalized spacial score (nSPS) is 8.71. The van der Waals surface area contributed by atoms with E-state index in [1.54, 1.807) is 19.1 Å². The number of halogens is 1. The van der Waals surface area contributed by atoms with Crippen LogP contribution in [0.1, 0.15) is 24.2 Å². The van der Waals surface area contributed by atoms with Crippen molar-refractivity contribution in [1.82, 2.24) is 0 Å². The third kappa shape index (κ3) is 6.55. The van der Waals surface area contributed by atoms with Crippen LogP contribution in [-0.2, 0) is 14.4 Å². The van der Waals surface area contributed by atoms with Gasteiger partial charge in [0.05, 0.1) is 17.2 Å². The van der Waals surface area contributed by atoms with E-state index >= 15 is 0 Å². The minimum Gasteiger partial charge on any atom is -0.466 e. The first-order chi connectivity index (χ1) is 8.02. The maximum absolute atomic E-state index is 10.7. The molecule has 1 aromatic carbocycles. The Hall–Kier alpha value is -1.59. The van der Waals surface area contributed by atoms with E-state index in [4.69, 9.17) is 16.9 Å². The minimum atomic E-state index is -0.851. The highest BCUT2D eigenvalue weighted by Gasteiger charge is 2.09. The minimum absolute atomic E-state index is 0.150. The van der Waals surface area contributed by atoms with Gasteiger partial charge in [0.15, 0.2) is 0 Å². The highest BCUT2D eigenvalue weighted by molar-refractivity contribution is 6.33. The Morgan fingerprint density at radius 1 is 1.35 bits per heavy atom. The van der Waals surface area contributed by atoms with E-state index in [1.807, 2.05) is 0 Å². The van der Waals surface area contributed by atoms with Crippen molar-refractivity contribution >= 4 is 23.5 Å². The highest BCUT2D eigenvalue weighted by atomic mass is 35.5. The van der Waals surface area contributed by atoms with Crippen molar-refractivity contribution in [2.45, 2.75) is 13.8 Å². The number of hydrogen-bond acceptors (Lipinski definition) is 5. The summed E-state index contributed by atoms with van der Waals surface area (Å²) in [5, 5.41) is 8.26. The van der Waals surface area contributed by atoms with Gasteiger partial charge in [-0.1, -0.05) is 23.7 Å². The molecular weight excluding hydrogens is 248 g/mol. The second-order valence-electron chi connectivity index (χ2n) is 2.78. The first-order valence-electron chi connectivity index (χ1n) is 4.76. The van der Waals surface area contributed by atoms with Crippen molar-refractivity contribution < 1.29 is 24.5 Å². The van der Waals surface area contributed by atoms with Crippen LogP contribution >= 0.6 is 11.6 Å². The van der Waals surface area contributed by atoms with E-state index in [1.165, 1.54) is 19.1 Å². The van der Waals surface area contributed by atoms with E-state index in [0.29, 0.717) is 6.61 Å². The van der Waals surface area contributed by atoms with E-state index < -0.39 is 5.97 Å². The molecule has 0 saturated heterocycles. The van der Waals surface area contributed by atoms with Gasteiger partial charge in [0.2, 0.25) is 0 Å². The summed E-state index contributed by atoms with van der Waals surface area (Å²) in [6.45, 7) is 3.65. The quantitative estimate of drug-likeness (QED) is 0.503. The van der Waals surface area contributed by atoms with Crippen LogP contribution in [0.4, 0.5) is 0 Å². The Morgan fingerprint density at radius 3 is 2.29 bits per heavy atom. The molecule has 0 fully saturated rings. The second-order valence-corrected chi connectivity index (χ2v) is 3.19. The Labute approximate surface area is 104 Å². The smallest absolute Gasteiger partial charge is 0.374 e. The molecule has 0 amide bonds. The van der Waals surface area contributed by atoms with Gasteiger partial charge in [-0.2, -0.15) is 5.26 Å². The maximum Gasteiger partial charge on any atom is 0.374 e. The molecule has 0 unspecified atom stereocenters. The Kier molecular flexibility index (Phi) is 7.75. The molecule has 0 atom stereocenters. The van der Waals surface area contributed by atoms with Gasteiger partial charge in [-0.05, 0) is 19.1 Å². The summed E-state index contributed by atoms with van der Waals surface area (Å²) in [6.07, 6.45) is 0. The van der Waals surface area contributed by atoms with Gasteiger partial charge in [-0.25, -0.2) is 4.79 Å². The number of benzene rings is 1. The molecule has 94 valence electrons. The summed E-state index contributed by atoms with van der Waals surface area (Å²) in [7, 11) is 0. The van der Waals surface area contributed by atoms with E-state index in [2.05, 4.69) is 9.62 Å². The lowest BCUT2D eigenvalue weighted by Crippen LogP contribution is -2.01. The van der Waals surface area contributed by atoms with Crippen LogP contribution in [-0.4, -0.2) is 23.8 Å². The first-order valence-corrected chi connectivity index (χ1v) is 5.14. The van der Waals surface area contributed by atoms with Crippen molar-refractivity contribution in [3.8, 4) is 0 Å². The molecule has 0 heterocycles. The predicted molar refractivity (Wildman–Crippen MR) is 61.8 cm³/mol.